The first-order chi connectivity index (χ1) is 17.7. The molecule has 0 radical (unpaired) electrons. The lowest BCUT2D eigenvalue weighted by Crippen LogP contribution is -2.49. The third-order valence-electron chi connectivity index (χ3n) is 5.83. The van der Waals surface area contributed by atoms with Crippen molar-refractivity contribution in [1.82, 2.24) is 14.5 Å². The zero-order valence-corrected chi connectivity index (χ0v) is 22.5. The number of nitrogens with zero attached hydrogens (tertiary/aromatic N) is 2. The normalized spacial score (nSPS) is 15.1. The van der Waals surface area contributed by atoms with Gasteiger partial charge in [-0.25, -0.2) is 8.42 Å². The van der Waals surface area contributed by atoms with E-state index in [2.05, 4.69) is 5.32 Å². The summed E-state index contributed by atoms with van der Waals surface area (Å²) in [5.41, 5.74) is 0.798. The van der Waals surface area contributed by atoms with E-state index in [1.165, 1.54) is 40.6 Å². The molecule has 12 heteroatoms. The molecule has 1 heterocycles. The van der Waals surface area contributed by atoms with Crippen molar-refractivity contribution < 1.29 is 32.2 Å². The van der Waals surface area contributed by atoms with Crippen LogP contribution in [0.25, 0.3) is 0 Å². The van der Waals surface area contributed by atoms with Gasteiger partial charge in [-0.15, -0.1) is 0 Å². The van der Waals surface area contributed by atoms with E-state index in [9.17, 15) is 18.0 Å². The minimum Gasteiger partial charge on any atom is -0.484 e. The maximum Gasteiger partial charge on any atom is 0.261 e. The Bertz CT molecular complexity index is 1140. The minimum atomic E-state index is -3.63. The Labute approximate surface area is 222 Å². The zero-order valence-electron chi connectivity index (χ0n) is 20.9. The Kier molecular flexibility index (Phi) is 10.7. The number of hydrogen-bond acceptors (Lipinski definition) is 7. The maximum absolute atomic E-state index is 13.2. The van der Waals surface area contributed by atoms with Crippen LogP contribution in [0, 0.1) is 0 Å². The molecule has 37 heavy (non-hydrogen) atoms. The van der Waals surface area contributed by atoms with Crippen molar-refractivity contribution in [3.8, 4) is 5.75 Å². The van der Waals surface area contributed by atoms with E-state index >= 15 is 0 Å². The van der Waals surface area contributed by atoms with Crippen LogP contribution >= 0.6 is 11.6 Å². The van der Waals surface area contributed by atoms with Crippen LogP contribution < -0.4 is 10.1 Å². The fraction of sp³-hybridized carbons (Fsp3) is 0.440. The molecule has 10 nitrogen and oxygen atoms in total. The second-order valence-electron chi connectivity index (χ2n) is 8.38. The summed E-state index contributed by atoms with van der Waals surface area (Å²) in [7, 11) is -2.10. The lowest BCUT2D eigenvalue weighted by Gasteiger charge is -2.29. The standard InChI is InChI=1S/C25H32ClN3O7S/c1-19(25(31)27-11-14-34-2)29(17-20-3-5-21(26)6-4-20)24(30)18-36-22-7-9-23(10-8-22)37(32,33)28-12-15-35-16-13-28/h3-10,19H,11-18H2,1-2H3,(H,27,31)/t19-/m1/s1. The lowest BCUT2D eigenvalue weighted by molar-refractivity contribution is -0.142. The number of methoxy groups -OCH3 is 1. The Morgan fingerprint density at radius 3 is 2.38 bits per heavy atom. The smallest absolute Gasteiger partial charge is 0.261 e. The van der Waals surface area contributed by atoms with Crippen molar-refractivity contribution in [2.75, 3.05) is 53.2 Å². The number of sulfonamides is 1. The molecule has 1 atom stereocenters. The van der Waals surface area contributed by atoms with E-state index in [4.69, 9.17) is 25.8 Å². The Morgan fingerprint density at radius 1 is 1.11 bits per heavy atom. The van der Waals surface area contributed by atoms with E-state index < -0.39 is 22.0 Å². The highest BCUT2D eigenvalue weighted by atomic mass is 35.5. The molecule has 0 saturated carbocycles. The van der Waals surface area contributed by atoms with Crippen LogP contribution in [0.1, 0.15) is 12.5 Å². The Hall–Kier alpha value is -2.70. The molecule has 3 rings (SSSR count). The van der Waals surface area contributed by atoms with Gasteiger partial charge in [0.25, 0.3) is 5.91 Å². The van der Waals surface area contributed by atoms with E-state index in [0.29, 0.717) is 50.2 Å². The molecule has 2 amide bonds. The second-order valence-corrected chi connectivity index (χ2v) is 10.8. The highest BCUT2D eigenvalue weighted by Gasteiger charge is 2.28. The van der Waals surface area contributed by atoms with Crippen LogP contribution in [-0.2, 0) is 35.6 Å². The van der Waals surface area contributed by atoms with Gasteiger partial charge in [0.05, 0.1) is 24.7 Å². The van der Waals surface area contributed by atoms with E-state index in [0.717, 1.165) is 5.56 Å². The number of ether oxygens (including phenoxy) is 3. The first-order valence-corrected chi connectivity index (χ1v) is 13.7. The van der Waals surface area contributed by atoms with E-state index in [-0.39, 0.29) is 24.0 Å². The van der Waals surface area contributed by atoms with Gasteiger partial charge in [0.2, 0.25) is 15.9 Å². The van der Waals surface area contributed by atoms with Gasteiger partial charge in [-0.3, -0.25) is 9.59 Å². The number of amides is 2. The minimum absolute atomic E-state index is 0.138. The van der Waals surface area contributed by atoms with Gasteiger partial charge in [-0.1, -0.05) is 23.7 Å². The summed E-state index contributed by atoms with van der Waals surface area (Å²) in [6.45, 7) is 3.47. The van der Waals surface area contributed by atoms with E-state index in [1.807, 2.05) is 0 Å². The van der Waals surface area contributed by atoms with Crippen LogP contribution in [0.2, 0.25) is 5.02 Å². The largest absolute Gasteiger partial charge is 0.484 e. The summed E-state index contributed by atoms with van der Waals surface area (Å²) in [6, 6.07) is 12.1. The summed E-state index contributed by atoms with van der Waals surface area (Å²) >= 11 is 5.97. The average molecular weight is 554 g/mol. The van der Waals surface area contributed by atoms with Crippen LogP contribution in [0.3, 0.4) is 0 Å². The van der Waals surface area contributed by atoms with Gasteiger partial charge in [0.15, 0.2) is 6.61 Å². The second kappa shape index (κ2) is 13.7. The molecule has 1 saturated heterocycles. The number of rotatable bonds is 12. The SMILES string of the molecule is COCCNC(=O)[C@@H](C)N(Cc1ccc(Cl)cc1)C(=O)COc1ccc(S(=O)(=O)N2CCOCC2)cc1. The molecule has 0 spiro atoms. The number of carbonyl (C=O) groups is 2. The molecule has 0 unspecified atom stereocenters. The lowest BCUT2D eigenvalue weighted by atomic mass is 10.1. The van der Waals surface area contributed by atoms with Crippen molar-refractivity contribution in [3.05, 3.63) is 59.1 Å². The quantitative estimate of drug-likeness (QED) is 0.399. The third-order valence-corrected chi connectivity index (χ3v) is 8.00. The summed E-state index contributed by atoms with van der Waals surface area (Å²) in [5.74, 6) is -0.399. The number of halogens is 1. The summed E-state index contributed by atoms with van der Waals surface area (Å²) < 4.78 is 42.8. The summed E-state index contributed by atoms with van der Waals surface area (Å²) in [5, 5.41) is 3.31. The highest BCUT2D eigenvalue weighted by molar-refractivity contribution is 7.89. The van der Waals surface area contributed by atoms with Gasteiger partial charge in [-0.2, -0.15) is 4.31 Å². The number of nitrogens with one attached hydrogen (secondary N) is 1. The number of hydrogen-bond donors (Lipinski definition) is 1. The summed E-state index contributed by atoms with van der Waals surface area (Å²) in [6.07, 6.45) is 0. The molecule has 202 valence electrons. The first-order valence-electron chi connectivity index (χ1n) is 11.8. The predicted octanol–water partition coefficient (Wildman–Crippen LogP) is 1.92. The number of benzene rings is 2. The van der Waals surface area contributed by atoms with Gasteiger partial charge in [0.1, 0.15) is 11.8 Å². The van der Waals surface area contributed by atoms with Gasteiger partial charge < -0.3 is 24.4 Å². The van der Waals surface area contributed by atoms with Crippen LogP contribution in [0.5, 0.6) is 5.75 Å². The Balaban J connectivity index is 1.67. The van der Waals surface area contributed by atoms with Crippen LogP contribution in [0.15, 0.2) is 53.4 Å². The van der Waals surface area contributed by atoms with Gasteiger partial charge in [0, 0.05) is 38.3 Å². The molecule has 1 fully saturated rings. The van der Waals surface area contributed by atoms with Gasteiger partial charge in [-0.05, 0) is 48.9 Å². The molecular formula is C25H32ClN3O7S. The monoisotopic (exact) mass is 553 g/mol. The molecule has 1 aliphatic heterocycles. The summed E-state index contributed by atoms with van der Waals surface area (Å²) in [4.78, 5) is 27.4. The average Bonchev–Trinajstić information content (AvgIpc) is 2.91. The fourth-order valence-corrected chi connectivity index (χ4v) is 5.20. The fourth-order valence-electron chi connectivity index (χ4n) is 3.66. The molecule has 0 aromatic heterocycles. The molecule has 2 aromatic rings. The topological polar surface area (TPSA) is 114 Å². The van der Waals surface area contributed by atoms with Crippen molar-refractivity contribution in [1.29, 1.82) is 0 Å². The van der Waals surface area contributed by atoms with Crippen molar-refractivity contribution >= 4 is 33.4 Å². The molecule has 0 bridgehead atoms. The predicted molar refractivity (Wildman–Crippen MR) is 138 cm³/mol. The third kappa shape index (κ3) is 8.14. The molecule has 1 N–H and O–H groups in total. The number of morpholine rings is 1. The van der Waals surface area contributed by atoms with Crippen molar-refractivity contribution in [2.45, 2.75) is 24.4 Å². The van der Waals surface area contributed by atoms with Crippen LogP contribution in [-0.4, -0.2) is 88.7 Å². The van der Waals surface area contributed by atoms with Gasteiger partial charge >= 0.3 is 0 Å². The molecule has 0 aliphatic carbocycles. The Morgan fingerprint density at radius 2 is 1.76 bits per heavy atom. The molecule has 1 aliphatic rings. The maximum atomic E-state index is 13.2. The van der Waals surface area contributed by atoms with E-state index in [1.54, 1.807) is 31.2 Å². The molecule has 2 aromatic carbocycles. The highest BCUT2D eigenvalue weighted by Crippen LogP contribution is 2.21. The first kappa shape index (κ1) is 28.9. The zero-order chi connectivity index (χ0) is 26.8. The molecular weight excluding hydrogens is 522 g/mol. The van der Waals surface area contributed by atoms with Crippen molar-refractivity contribution in [2.24, 2.45) is 0 Å². The van der Waals surface area contributed by atoms with Crippen LogP contribution in [0.4, 0.5) is 0 Å². The number of carbonyl (C=O) groups excluding carboxylic acids is 2. The van der Waals surface area contributed by atoms with Crippen molar-refractivity contribution in [3.63, 3.8) is 0 Å².